The van der Waals surface area contributed by atoms with E-state index in [0.29, 0.717) is 21.5 Å². The summed E-state index contributed by atoms with van der Waals surface area (Å²) in [6.45, 7) is 0.272. The third-order valence-corrected chi connectivity index (χ3v) is 3.82. The minimum atomic E-state index is -0.380. The molecule has 21 heavy (non-hydrogen) atoms. The highest BCUT2D eigenvalue weighted by Gasteiger charge is 2.14. The standard InChI is InChI=1S/C15H15Cl2FN2O/c1-21-10-3-5-13(18)14(7-10)20-15(8-19)9-2-4-11(16)12(17)6-9/h2-7,15,20H,8,19H2,1H3. The molecule has 0 aromatic heterocycles. The Balaban J connectivity index is 2.28. The summed E-state index contributed by atoms with van der Waals surface area (Å²) in [6, 6.07) is 9.38. The molecule has 0 fully saturated rings. The number of nitrogens with two attached hydrogens (primary N) is 1. The average Bonchev–Trinajstić information content (AvgIpc) is 2.49. The fourth-order valence-electron chi connectivity index (χ4n) is 1.94. The molecule has 3 nitrogen and oxygen atoms in total. The molecular weight excluding hydrogens is 314 g/mol. The minimum Gasteiger partial charge on any atom is -0.497 e. The Bertz CT molecular complexity index is 637. The smallest absolute Gasteiger partial charge is 0.146 e. The van der Waals surface area contributed by atoms with Crippen LogP contribution in [0.2, 0.25) is 10.0 Å². The summed E-state index contributed by atoms with van der Waals surface area (Å²) in [6.07, 6.45) is 0. The number of methoxy groups -OCH3 is 1. The largest absolute Gasteiger partial charge is 0.497 e. The fourth-order valence-corrected chi connectivity index (χ4v) is 2.24. The van der Waals surface area contributed by atoms with Crippen molar-refractivity contribution in [3.8, 4) is 5.75 Å². The van der Waals surface area contributed by atoms with Crippen LogP contribution in [0.4, 0.5) is 10.1 Å². The van der Waals surface area contributed by atoms with Crippen LogP contribution in [0.1, 0.15) is 11.6 Å². The first-order valence-corrected chi connectivity index (χ1v) is 7.06. The van der Waals surface area contributed by atoms with Crippen molar-refractivity contribution < 1.29 is 9.13 Å². The molecule has 2 aromatic carbocycles. The van der Waals surface area contributed by atoms with Crippen LogP contribution in [-0.2, 0) is 0 Å². The topological polar surface area (TPSA) is 47.3 Å². The van der Waals surface area contributed by atoms with Crippen LogP contribution < -0.4 is 15.8 Å². The molecule has 2 aromatic rings. The predicted octanol–water partition coefficient (Wildman–Crippen LogP) is 4.25. The van der Waals surface area contributed by atoms with Crippen molar-refractivity contribution >= 4 is 28.9 Å². The highest BCUT2D eigenvalue weighted by Crippen LogP contribution is 2.29. The maximum Gasteiger partial charge on any atom is 0.146 e. The average molecular weight is 329 g/mol. The van der Waals surface area contributed by atoms with Crippen LogP contribution in [0, 0.1) is 5.82 Å². The zero-order chi connectivity index (χ0) is 15.4. The first-order valence-electron chi connectivity index (χ1n) is 6.30. The lowest BCUT2D eigenvalue weighted by molar-refractivity contribution is 0.414. The maximum absolute atomic E-state index is 13.9. The molecule has 2 rings (SSSR count). The Morgan fingerprint density at radius 2 is 1.95 bits per heavy atom. The zero-order valence-electron chi connectivity index (χ0n) is 11.4. The van der Waals surface area contributed by atoms with E-state index in [1.807, 2.05) is 0 Å². The van der Waals surface area contributed by atoms with E-state index in [9.17, 15) is 4.39 Å². The third-order valence-electron chi connectivity index (χ3n) is 3.08. The molecule has 0 amide bonds. The summed E-state index contributed by atoms with van der Waals surface area (Å²) in [5.74, 6) is 0.179. The van der Waals surface area contributed by atoms with Crippen LogP contribution in [0.3, 0.4) is 0 Å². The molecule has 1 unspecified atom stereocenters. The van der Waals surface area contributed by atoms with E-state index in [4.69, 9.17) is 33.7 Å². The summed E-state index contributed by atoms with van der Waals surface area (Å²) in [4.78, 5) is 0. The second-order valence-corrected chi connectivity index (χ2v) is 5.27. The summed E-state index contributed by atoms with van der Waals surface area (Å²) >= 11 is 11.9. The molecule has 0 aliphatic rings. The summed E-state index contributed by atoms with van der Waals surface area (Å²) in [5, 5.41) is 3.95. The van der Waals surface area contributed by atoms with Gasteiger partial charge in [-0.15, -0.1) is 0 Å². The molecule has 0 bridgehead atoms. The lowest BCUT2D eigenvalue weighted by Gasteiger charge is -2.20. The first kappa shape index (κ1) is 15.9. The summed E-state index contributed by atoms with van der Waals surface area (Å²) in [7, 11) is 1.52. The highest BCUT2D eigenvalue weighted by molar-refractivity contribution is 6.42. The first-order chi connectivity index (χ1) is 10.0. The van der Waals surface area contributed by atoms with Gasteiger partial charge in [0.1, 0.15) is 11.6 Å². The molecule has 0 saturated heterocycles. The normalized spacial score (nSPS) is 12.0. The van der Waals surface area contributed by atoms with Gasteiger partial charge in [0.05, 0.1) is 28.9 Å². The monoisotopic (exact) mass is 328 g/mol. The van der Waals surface area contributed by atoms with Crippen LogP contribution in [-0.4, -0.2) is 13.7 Å². The van der Waals surface area contributed by atoms with Crippen molar-refractivity contribution in [2.75, 3.05) is 19.0 Å². The van der Waals surface area contributed by atoms with E-state index in [1.54, 1.807) is 30.3 Å². The number of benzene rings is 2. The maximum atomic E-state index is 13.9. The van der Waals surface area contributed by atoms with Gasteiger partial charge < -0.3 is 15.8 Å². The van der Waals surface area contributed by atoms with Crippen molar-refractivity contribution in [2.45, 2.75) is 6.04 Å². The van der Waals surface area contributed by atoms with Crippen LogP contribution >= 0.6 is 23.2 Å². The van der Waals surface area contributed by atoms with Gasteiger partial charge in [0, 0.05) is 12.6 Å². The highest BCUT2D eigenvalue weighted by atomic mass is 35.5. The number of hydrogen-bond acceptors (Lipinski definition) is 3. The minimum absolute atomic E-state index is 0.272. The second-order valence-electron chi connectivity index (χ2n) is 4.45. The Morgan fingerprint density at radius 3 is 2.57 bits per heavy atom. The molecule has 0 saturated carbocycles. The Kier molecular flexibility index (Phi) is 5.28. The van der Waals surface area contributed by atoms with E-state index in [0.717, 1.165) is 5.56 Å². The molecule has 0 heterocycles. The molecule has 112 valence electrons. The molecule has 1 atom stereocenters. The van der Waals surface area contributed by atoms with Crippen molar-refractivity contribution in [1.29, 1.82) is 0 Å². The number of nitrogens with one attached hydrogen (secondary N) is 1. The van der Waals surface area contributed by atoms with Crippen molar-refractivity contribution in [3.05, 3.63) is 57.8 Å². The van der Waals surface area contributed by atoms with E-state index in [1.165, 1.54) is 13.2 Å². The quantitative estimate of drug-likeness (QED) is 0.862. The lowest BCUT2D eigenvalue weighted by Crippen LogP contribution is -2.21. The molecular formula is C15H15Cl2FN2O. The molecule has 0 radical (unpaired) electrons. The summed E-state index contributed by atoms with van der Waals surface area (Å²) in [5.41, 5.74) is 6.91. The van der Waals surface area contributed by atoms with E-state index in [2.05, 4.69) is 5.32 Å². The van der Waals surface area contributed by atoms with Crippen molar-refractivity contribution in [3.63, 3.8) is 0 Å². The Morgan fingerprint density at radius 1 is 1.19 bits per heavy atom. The zero-order valence-corrected chi connectivity index (χ0v) is 12.9. The van der Waals surface area contributed by atoms with Gasteiger partial charge in [-0.25, -0.2) is 4.39 Å². The van der Waals surface area contributed by atoms with Gasteiger partial charge in [-0.3, -0.25) is 0 Å². The molecule has 0 aliphatic heterocycles. The van der Waals surface area contributed by atoms with E-state index >= 15 is 0 Å². The Hall–Kier alpha value is -1.49. The third kappa shape index (κ3) is 3.79. The predicted molar refractivity (Wildman–Crippen MR) is 84.8 cm³/mol. The lowest BCUT2D eigenvalue weighted by atomic mass is 10.1. The van der Waals surface area contributed by atoms with Gasteiger partial charge in [-0.1, -0.05) is 29.3 Å². The molecule has 3 N–H and O–H groups in total. The van der Waals surface area contributed by atoms with Crippen LogP contribution in [0.5, 0.6) is 5.75 Å². The number of halogens is 3. The fraction of sp³-hybridized carbons (Fsp3) is 0.200. The van der Waals surface area contributed by atoms with Gasteiger partial charge in [0.15, 0.2) is 0 Å². The summed E-state index contributed by atoms with van der Waals surface area (Å²) < 4.78 is 18.9. The van der Waals surface area contributed by atoms with Gasteiger partial charge in [-0.2, -0.15) is 0 Å². The second kappa shape index (κ2) is 6.98. The van der Waals surface area contributed by atoms with E-state index in [-0.39, 0.29) is 18.4 Å². The van der Waals surface area contributed by atoms with Gasteiger partial charge in [0.2, 0.25) is 0 Å². The van der Waals surface area contributed by atoms with Crippen molar-refractivity contribution in [1.82, 2.24) is 0 Å². The van der Waals surface area contributed by atoms with E-state index < -0.39 is 0 Å². The number of anilines is 1. The molecule has 6 heteroatoms. The number of rotatable bonds is 5. The number of ether oxygens (including phenoxy) is 1. The van der Waals surface area contributed by atoms with Gasteiger partial charge in [-0.05, 0) is 29.8 Å². The Labute approximate surface area is 132 Å². The van der Waals surface area contributed by atoms with Gasteiger partial charge >= 0.3 is 0 Å². The van der Waals surface area contributed by atoms with Gasteiger partial charge in [0.25, 0.3) is 0 Å². The number of hydrogen-bond donors (Lipinski definition) is 2. The SMILES string of the molecule is COc1ccc(F)c(NC(CN)c2ccc(Cl)c(Cl)c2)c1. The van der Waals surface area contributed by atoms with Crippen molar-refractivity contribution in [2.24, 2.45) is 5.73 Å². The van der Waals surface area contributed by atoms with Crippen LogP contribution in [0.25, 0.3) is 0 Å². The van der Waals surface area contributed by atoms with Crippen LogP contribution in [0.15, 0.2) is 36.4 Å². The molecule has 0 aliphatic carbocycles. The molecule has 0 spiro atoms.